The zero-order valence-corrected chi connectivity index (χ0v) is 10.9. The van der Waals surface area contributed by atoms with Gasteiger partial charge in [-0.15, -0.1) is 0 Å². The number of nitrogens with two attached hydrogens (primary N) is 1. The number of hydrogen-bond donors (Lipinski definition) is 2. The molecule has 1 aromatic rings. The number of nitro groups is 1. The Labute approximate surface area is 115 Å². The summed E-state index contributed by atoms with van der Waals surface area (Å²) in [6, 6.07) is 1.22. The van der Waals surface area contributed by atoms with Gasteiger partial charge in [0.1, 0.15) is 17.6 Å². The average molecular weight is 280 g/mol. The van der Waals surface area contributed by atoms with Crippen molar-refractivity contribution in [3.05, 3.63) is 27.9 Å². The van der Waals surface area contributed by atoms with Crippen molar-refractivity contribution in [2.24, 2.45) is 5.92 Å². The number of nitrogens with zero attached hydrogens (tertiary/aromatic N) is 2. The third kappa shape index (κ3) is 3.41. The topological polar surface area (TPSA) is 120 Å². The van der Waals surface area contributed by atoms with Gasteiger partial charge in [-0.2, -0.15) is 0 Å². The van der Waals surface area contributed by atoms with Gasteiger partial charge in [-0.25, -0.2) is 4.98 Å². The largest absolute Gasteiger partial charge is 0.384 e. The second kappa shape index (κ2) is 6.29. The smallest absolute Gasteiger partial charge is 0.300 e. The van der Waals surface area contributed by atoms with Crippen LogP contribution in [-0.4, -0.2) is 35.6 Å². The lowest BCUT2D eigenvalue weighted by molar-refractivity contribution is -0.385. The molecule has 1 aliphatic heterocycles. The van der Waals surface area contributed by atoms with Gasteiger partial charge < -0.3 is 15.8 Å². The molecule has 20 heavy (non-hydrogen) atoms. The summed E-state index contributed by atoms with van der Waals surface area (Å²) in [6.45, 7) is 1.84. The Morgan fingerprint density at radius 1 is 1.55 bits per heavy atom. The van der Waals surface area contributed by atoms with Crippen molar-refractivity contribution >= 4 is 17.4 Å². The van der Waals surface area contributed by atoms with Gasteiger partial charge in [0.15, 0.2) is 0 Å². The fraction of sp³-hybridized carbons (Fsp3) is 0.500. The number of carbonyl (C=O) groups excluding carboxylic acids is 1. The molecule has 0 saturated carbocycles. The van der Waals surface area contributed by atoms with E-state index in [1.54, 1.807) is 0 Å². The van der Waals surface area contributed by atoms with Crippen LogP contribution >= 0.6 is 0 Å². The Hall–Kier alpha value is -2.22. The van der Waals surface area contributed by atoms with Crippen molar-refractivity contribution < 1.29 is 14.5 Å². The molecule has 0 aliphatic carbocycles. The monoisotopic (exact) mass is 280 g/mol. The molecule has 8 nitrogen and oxygen atoms in total. The van der Waals surface area contributed by atoms with Crippen LogP contribution in [0.2, 0.25) is 0 Å². The van der Waals surface area contributed by atoms with Crippen LogP contribution in [0.15, 0.2) is 12.3 Å². The summed E-state index contributed by atoms with van der Waals surface area (Å²) in [5.74, 6) is -0.0879. The van der Waals surface area contributed by atoms with Gasteiger partial charge in [0.2, 0.25) is 0 Å². The fourth-order valence-corrected chi connectivity index (χ4v) is 2.07. The Bertz CT molecular complexity index is 514. The number of hydrogen-bond acceptors (Lipinski definition) is 6. The molecule has 2 rings (SSSR count). The number of nitrogen functional groups attached to an aromatic ring is 1. The molecule has 1 amide bonds. The molecule has 108 valence electrons. The van der Waals surface area contributed by atoms with Crippen LogP contribution in [0.25, 0.3) is 0 Å². The van der Waals surface area contributed by atoms with Crippen LogP contribution in [0.3, 0.4) is 0 Å². The van der Waals surface area contributed by atoms with Gasteiger partial charge in [-0.05, 0) is 24.8 Å². The summed E-state index contributed by atoms with van der Waals surface area (Å²) in [5, 5.41) is 13.6. The summed E-state index contributed by atoms with van der Waals surface area (Å²) in [5.41, 5.74) is 5.07. The predicted octanol–water partition coefficient (Wildman–Crippen LogP) is 0.728. The van der Waals surface area contributed by atoms with Crippen LogP contribution in [0, 0.1) is 16.0 Å². The van der Waals surface area contributed by atoms with E-state index in [9.17, 15) is 14.9 Å². The van der Waals surface area contributed by atoms with E-state index >= 15 is 0 Å². The van der Waals surface area contributed by atoms with Gasteiger partial charge in [0, 0.05) is 19.8 Å². The second-order valence-electron chi connectivity index (χ2n) is 4.65. The third-order valence-corrected chi connectivity index (χ3v) is 3.24. The summed E-state index contributed by atoms with van der Waals surface area (Å²) < 4.78 is 5.23. The van der Waals surface area contributed by atoms with Gasteiger partial charge in [0.05, 0.1) is 4.92 Å². The van der Waals surface area contributed by atoms with E-state index in [4.69, 9.17) is 10.5 Å². The highest BCUT2D eigenvalue weighted by Gasteiger charge is 2.22. The number of carbonyl (C=O) groups is 1. The SMILES string of the molecule is Nc1cc(C(=O)NCC2CCOCC2)c([N+](=O)[O-])cn1. The van der Waals surface area contributed by atoms with E-state index in [0.29, 0.717) is 25.7 Å². The van der Waals surface area contributed by atoms with E-state index in [1.807, 2.05) is 0 Å². The first-order valence-electron chi connectivity index (χ1n) is 6.34. The first kappa shape index (κ1) is 14.2. The average Bonchev–Trinajstić information content (AvgIpc) is 2.45. The normalized spacial score (nSPS) is 15.8. The molecule has 0 bridgehead atoms. The first-order valence-corrected chi connectivity index (χ1v) is 6.34. The number of ether oxygens (including phenoxy) is 1. The molecule has 1 aliphatic rings. The van der Waals surface area contributed by atoms with Crippen molar-refractivity contribution in [2.75, 3.05) is 25.5 Å². The first-order chi connectivity index (χ1) is 9.58. The van der Waals surface area contributed by atoms with Crippen LogP contribution < -0.4 is 11.1 Å². The number of anilines is 1. The van der Waals surface area contributed by atoms with E-state index in [0.717, 1.165) is 19.0 Å². The molecule has 2 heterocycles. The minimum absolute atomic E-state index is 0.0606. The van der Waals surface area contributed by atoms with Gasteiger partial charge in [-0.1, -0.05) is 0 Å². The Morgan fingerprint density at radius 2 is 2.25 bits per heavy atom. The maximum Gasteiger partial charge on any atom is 0.300 e. The summed E-state index contributed by atoms with van der Waals surface area (Å²) in [7, 11) is 0. The highest BCUT2D eigenvalue weighted by molar-refractivity contribution is 5.98. The van der Waals surface area contributed by atoms with Gasteiger partial charge in [-0.3, -0.25) is 14.9 Å². The standard InChI is InChI=1S/C12H16N4O4/c13-11-5-9(10(7-14-11)16(18)19)12(17)15-6-8-1-3-20-4-2-8/h5,7-8H,1-4,6H2,(H2,13,14)(H,15,17). The molecular formula is C12H16N4O4. The number of amides is 1. The molecular weight excluding hydrogens is 264 g/mol. The predicted molar refractivity (Wildman–Crippen MR) is 71.2 cm³/mol. The fourth-order valence-electron chi connectivity index (χ4n) is 2.07. The van der Waals surface area contributed by atoms with Gasteiger partial charge in [0.25, 0.3) is 11.6 Å². The zero-order valence-electron chi connectivity index (χ0n) is 10.9. The molecule has 1 saturated heterocycles. The summed E-state index contributed by atoms with van der Waals surface area (Å²) >= 11 is 0. The van der Waals surface area contributed by atoms with E-state index in [2.05, 4.69) is 10.3 Å². The molecule has 0 atom stereocenters. The minimum atomic E-state index is -0.643. The highest BCUT2D eigenvalue weighted by atomic mass is 16.6. The second-order valence-corrected chi connectivity index (χ2v) is 4.65. The number of nitrogens with one attached hydrogen (secondary N) is 1. The molecule has 1 fully saturated rings. The molecule has 8 heteroatoms. The van der Waals surface area contributed by atoms with Crippen LogP contribution in [-0.2, 0) is 4.74 Å². The molecule has 0 unspecified atom stereocenters. The zero-order chi connectivity index (χ0) is 14.5. The third-order valence-electron chi connectivity index (χ3n) is 3.24. The van der Waals surface area contributed by atoms with Crippen molar-refractivity contribution in [3.8, 4) is 0 Å². The van der Waals surface area contributed by atoms with Crippen LogP contribution in [0.5, 0.6) is 0 Å². The molecule has 0 radical (unpaired) electrons. The lowest BCUT2D eigenvalue weighted by atomic mass is 10.0. The Kier molecular flexibility index (Phi) is 4.46. The van der Waals surface area contributed by atoms with E-state index in [1.165, 1.54) is 6.07 Å². The summed E-state index contributed by atoms with van der Waals surface area (Å²) in [4.78, 5) is 25.9. The van der Waals surface area contributed by atoms with E-state index < -0.39 is 10.8 Å². The number of rotatable bonds is 4. The molecule has 0 spiro atoms. The van der Waals surface area contributed by atoms with Crippen molar-refractivity contribution in [1.82, 2.24) is 10.3 Å². The Balaban J connectivity index is 2.04. The van der Waals surface area contributed by atoms with Crippen molar-refractivity contribution in [2.45, 2.75) is 12.8 Å². The maximum atomic E-state index is 12.0. The van der Waals surface area contributed by atoms with Crippen LogP contribution in [0.4, 0.5) is 11.5 Å². The van der Waals surface area contributed by atoms with E-state index in [-0.39, 0.29) is 17.1 Å². The van der Waals surface area contributed by atoms with Crippen molar-refractivity contribution in [1.29, 1.82) is 0 Å². The maximum absolute atomic E-state index is 12.0. The van der Waals surface area contributed by atoms with Crippen molar-refractivity contribution in [3.63, 3.8) is 0 Å². The lowest BCUT2D eigenvalue weighted by Gasteiger charge is -2.22. The van der Waals surface area contributed by atoms with Gasteiger partial charge >= 0.3 is 0 Å². The summed E-state index contributed by atoms with van der Waals surface area (Å²) in [6.07, 6.45) is 2.75. The molecule has 1 aromatic heterocycles. The lowest BCUT2D eigenvalue weighted by Crippen LogP contribution is -2.32. The quantitative estimate of drug-likeness (QED) is 0.619. The highest BCUT2D eigenvalue weighted by Crippen LogP contribution is 2.19. The molecule has 0 aromatic carbocycles. The Morgan fingerprint density at radius 3 is 2.90 bits per heavy atom. The molecule has 3 N–H and O–H groups in total. The number of pyridine rings is 1. The number of aromatic nitrogens is 1. The minimum Gasteiger partial charge on any atom is -0.384 e. The van der Waals surface area contributed by atoms with Crippen LogP contribution in [0.1, 0.15) is 23.2 Å².